The lowest BCUT2D eigenvalue weighted by atomic mass is 10.00. The molecular formula is C23H20ClN3O3. The van der Waals surface area contributed by atoms with Gasteiger partial charge in [-0.15, -0.1) is 0 Å². The topological polar surface area (TPSA) is 101 Å². The highest BCUT2D eigenvalue weighted by Gasteiger charge is 2.16. The van der Waals surface area contributed by atoms with Gasteiger partial charge in [-0.25, -0.2) is 9.78 Å². The first-order chi connectivity index (χ1) is 14.5. The van der Waals surface area contributed by atoms with Crippen LogP contribution in [0, 0.1) is 0 Å². The molecule has 4 aromatic rings. The number of nitrogens with zero attached hydrogens (tertiary/aromatic N) is 1. The minimum absolute atomic E-state index is 0.218. The maximum atomic E-state index is 11.2. The lowest BCUT2D eigenvalue weighted by Crippen LogP contribution is -2.13. The van der Waals surface area contributed by atoms with Gasteiger partial charge in [-0.2, -0.15) is 0 Å². The molecule has 152 valence electrons. The van der Waals surface area contributed by atoms with Crippen molar-refractivity contribution in [2.45, 2.75) is 6.10 Å². The number of benzene rings is 3. The molecule has 6 nitrogen and oxygen atoms in total. The van der Waals surface area contributed by atoms with Gasteiger partial charge in [0.25, 0.3) is 0 Å². The molecular weight excluding hydrogens is 402 g/mol. The molecule has 1 aromatic heterocycles. The first kappa shape index (κ1) is 20.1. The monoisotopic (exact) mass is 421 g/mol. The fraction of sp³-hybridized carbons (Fsp3) is 0.130. The van der Waals surface area contributed by atoms with Crippen molar-refractivity contribution in [3.05, 3.63) is 88.4 Å². The predicted molar refractivity (Wildman–Crippen MR) is 117 cm³/mol. The number of fused-ring (bicyclic) bond motifs is 1. The number of hydrogen-bond acceptors (Lipinski definition) is 4. The highest BCUT2D eigenvalue weighted by atomic mass is 35.5. The summed E-state index contributed by atoms with van der Waals surface area (Å²) >= 11 is 6.01. The molecule has 0 saturated carbocycles. The van der Waals surface area contributed by atoms with Gasteiger partial charge in [0.1, 0.15) is 11.9 Å². The van der Waals surface area contributed by atoms with Crippen LogP contribution in [0.1, 0.15) is 27.6 Å². The number of halogens is 1. The Balaban J connectivity index is 1.64. The van der Waals surface area contributed by atoms with E-state index in [9.17, 15) is 4.79 Å². The largest absolute Gasteiger partial charge is 0.478 e. The smallest absolute Gasteiger partial charge is 0.335 e. The molecule has 0 bridgehead atoms. The second-order valence-electron chi connectivity index (χ2n) is 6.84. The first-order valence-corrected chi connectivity index (χ1v) is 9.83. The van der Waals surface area contributed by atoms with Crippen molar-refractivity contribution in [1.82, 2.24) is 9.97 Å². The van der Waals surface area contributed by atoms with Crippen LogP contribution in [-0.2, 0) is 4.74 Å². The summed E-state index contributed by atoms with van der Waals surface area (Å²) in [5.74, 6) is -0.298. The predicted octanol–water partition coefficient (Wildman–Crippen LogP) is 4.65. The molecule has 30 heavy (non-hydrogen) atoms. The van der Waals surface area contributed by atoms with Crippen LogP contribution in [0.15, 0.2) is 66.7 Å². The summed E-state index contributed by atoms with van der Waals surface area (Å²) in [4.78, 5) is 18.9. The number of aromatic carboxylic acids is 1. The van der Waals surface area contributed by atoms with Crippen molar-refractivity contribution >= 4 is 28.6 Å². The summed E-state index contributed by atoms with van der Waals surface area (Å²) in [6.45, 7) is 0.865. The van der Waals surface area contributed by atoms with Gasteiger partial charge in [0.05, 0.1) is 23.2 Å². The van der Waals surface area contributed by atoms with Crippen molar-refractivity contribution in [2.75, 3.05) is 13.2 Å². The maximum Gasteiger partial charge on any atom is 0.335 e. The van der Waals surface area contributed by atoms with E-state index in [1.165, 1.54) is 0 Å². The van der Waals surface area contributed by atoms with Gasteiger partial charge in [-0.05, 0) is 41.5 Å². The van der Waals surface area contributed by atoms with Crippen molar-refractivity contribution in [3.63, 3.8) is 0 Å². The second-order valence-corrected chi connectivity index (χ2v) is 7.27. The van der Waals surface area contributed by atoms with E-state index in [2.05, 4.69) is 9.97 Å². The zero-order chi connectivity index (χ0) is 21.1. The Morgan fingerprint density at radius 3 is 2.37 bits per heavy atom. The van der Waals surface area contributed by atoms with Gasteiger partial charge in [0.15, 0.2) is 0 Å². The lowest BCUT2D eigenvalue weighted by molar-refractivity contribution is 0.0697. The van der Waals surface area contributed by atoms with Crippen LogP contribution in [0.25, 0.3) is 22.4 Å². The minimum Gasteiger partial charge on any atom is -0.478 e. The first-order valence-electron chi connectivity index (χ1n) is 9.45. The van der Waals surface area contributed by atoms with Crippen molar-refractivity contribution in [3.8, 4) is 11.4 Å². The molecule has 1 heterocycles. The number of nitrogens with one attached hydrogen (secondary N) is 1. The highest BCUT2D eigenvalue weighted by Crippen LogP contribution is 2.29. The number of aromatic nitrogens is 2. The summed E-state index contributed by atoms with van der Waals surface area (Å²) < 4.78 is 5.99. The molecule has 0 aliphatic heterocycles. The molecule has 1 atom stereocenters. The number of rotatable bonds is 7. The Kier molecular flexibility index (Phi) is 5.81. The van der Waals surface area contributed by atoms with Crippen molar-refractivity contribution in [1.29, 1.82) is 0 Å². The Morgan fingerprint density at radius 1 is 1.07 bits per heavy atom. The van der Waals surface area contributed by atoms with E-state index in [1.807, 2.05) is 48.5 Å². The molecule has 0 saturated heterocycles. The highest BCUT2D eigenvalue weighted by molar-refractivity contribution is 6.30. The third-order valence-electron chi connectivity index (χ3n) is 4.79. The molecule has 0 spiro atoms. The number of aromatic amines is 1. The molecule has 0 radical (unpaired) electrons. The zero-order valence-electron chi connectivity index (χ0n) is 16.0. The molecule has 7 heteroatoms. The molecule has 3 aromatic carbocycles. The van der Waals surface area contributed by atoms with Crippen LogP contribution in [0.4, 0.5) is 0 Å². The van der Waals surface area contributed by atoms with Crippen molar-refractivity contribution in [2.24, 2.45) is 5.73 Å². The summed E-state index contributed by atoms with van der Waals surface area (Å²) in [5.41, 5.74) is 10.1. The van der Waals surface area contributed by atoms with Crippen LogP contribution < -0.4 is 5.73 Å². The van der Waals surface area contributed by atoms with E-state index in [1.54, 1.807) is 18.2 Å². The third-order valence-corrected chi connectivity index (χ3v) is 5.04. The van der Waals surface area contributed by atoms with Gasteiger partial charge >= 0.3 is 5.97 Å². The molecule has 4 rings (SSSR count). The van der Waals surface area contributed by atoms with Gasteiger partial charge in [0.2, 0.25) is 0 Å². The van der Waals surface area contributed by atoms with Crippen LogP contribution >= 0.6 is 11.6 Å². The van der Waals surface area contributed by atoms with Gasteiger partial charge in [-0.3, -0.25) is 0 Å². The average molecular weight is 422 g/mol. The number of nitrogens with two attached hydrogens (primary N) is 1. The van der Waals surface area contributed by atoms with Crippen LogP contribution in [0.5, 0.6) is 0 Å². The zero-order valence-corrected chi connectivity index (χ0v) is 16.8. The average Bonchev–Trinajstić information content (AvgIpc) is 3.19. The van der Waals surface area contributed by atoms with Gasteiger partial charge in [0, 0.05) is 17.1 Å². The van der Waals surface area contributed by atoms with E-state index >= 15 is 0 Å². The van der Waals surface area contributed by atoms with E-state index in [-0.39, 0.29) is 11.7 Å². The molecule has 0 aliphatic rings. The summed E-state index contributed by atoms with van der Waals surface area (Å²) in [6, 6.07) is 20.3. The van der Waals surface area contributed by atoms with Crippen LogP contribution in [0.3, 0.4) is 0 Å². The van der Waals surface area contributed by atoms with Gasteiger partial charge < -0.3 is 20.6 Å². The SMILES string of the molecule is NCCOC(c1ccc(Cl)cc1)c1ccc(-c2nc3ccc(C(=O)O)cc3[nH]2)cc1. The van der Waals surface area contributed by atoms with E-state index < -0.39 is 5.97 Å². The van der Waals surface area contributed by atoms with Crippen LogP contribution in [-0.4, -0.2) is 34.2 Å². The lowest BCUT2D eigenvalue weighted by Gasteiger charge is -2.19. The minimum atomic E-state index is -0.969. The van der Waals surface area contributed by atoms with Crippen molar-refractivity contribution < 1.29 is 14.6 Å². The second kappa shape index (κ2) is 8.67. The Labute approximate surface area is 178 Å². The molecule has 0 amide bonds. The molecule has 0 fully saturated rings. The Morgan fingerprint density at radius 2 is 1.73 bits per heavy atom. The number of ether oxygens (including phenoxy) is 1. The molecule has 0 aliphatic carbocycles. The quantitative estimate of drug-likeness (QED) is 0.403. The normalized spacial score (nSPS) is 12.2. The number of H-pyrrole nitrogens is 1. The van der Waals surface area contributed by atoms with E-state index in [0.717, 1.165) is 16.7 Å². The van der Waals surface area contributed by atoms with Gasteiger partial charge in [-0.1, -0.05) is 48.0 Å². The van der Waals surface area contributed by atoms with E-state index in [4.69, 9.17) is 27.2 Å². The Bertz CT molecular complexity index is 1170. The number of carboxylic acid groups (broad SMARTS) is 1. The maximum absolute atomic E-state index is 11.2. The summed E-state index contributed by atoms with van der Waals surface area (Å²) in [6.07, 6.45) is -0.256. The summed E-state index contributed by atoms with van der Waals surface area (Å²) in [5, 5.41) is 9.83. The summed E-state index contributed by atoms with van der Waals surface area (Å²) in [7, 11) is 0. The standard InChI is InChI=1S/C23H20ClN3O3/c24-18-8-5-15(6-9-18)21(30-12-11-25)14-1-3-16(4-2-14)22-26-19-10-7-17(23(28)29)13-20(19)27-22/h1-10,13,21H,11-12,25H2,(H,26,27)(H,28,29). The molecule has 4 N–H and O–H groups in total. The number of hydrogen-bond donors (Lipinski definition) is 3. The fourth-order valence-corrected chi connectivity index (χ4v) is 3.43. The van der Waals surface area contributed by atoms with Crippen LogP contribution in [0.2, 0.25) is 5.02 Å². The fourth-order valence-electron chi connectivity index (χ4n) is 3.30. The molecule has 1 unspecified atom stereocenters. The number of imidazole rings is 1. The number of carbonyl (C=O) groups is 1. The third kappa shape index (κ3) is 4.21. The Hall–Kier alpha value is -3.19. The number of carboxylic acids is 1. The van der Waals surface area contributed by atoms with E-state index in [0.29, 0.717) is 35.0 Å².